The van der Waals surface area contributed by atoms with Crippen LogP contribution in [0.3, 0.4) is 0 Å². The number of thioether (sulfide) groups is 1. The third-order valence-corrected chi connectivity index (χ3v) is 3.96. The van der Waals surface area contributed by atoms with Crippen molar-refractivity contribution in [1.29, 1.82) is 0 Å². The van der Waals surface area contributed by atoms with Crippen LogP contribution in [0.1, 0.15) is 19.4 Å². The quantitative estimate of drug-likeness (QED) is 0.858. The topological polar surface area (TPSA) is 72.7 Å². The molecule has 1 atom stereocenters. The van der Waals surface area contributed by atoms with Crippen LogP contribution in [0.2, 0.25) is 0 Å². The molecule has 1 amide bonds. The van der Waals surface area contributed by atoms with Gasteiger partial charge in [0.15, 0.2) is 0 Å². The van der Waals surface area contributed by atoms with E-state index in [2.05, 4.69) is 20.8 Å². The van der Waals surface area contributed by atoms with Crippen molar-refractivity contribution in [2.45, 2.75) is 37.7 Å². The Balaban J connectivity index is 2.01. The molecule has 8 heteroatoms. The van der Waals surface area contributed by atoms with Gasteiger partial charge >= 0.3 is 0 Å². The van der Waals surface area contributed by atoms with E-state index in [-0.39, 0.29) is 11.7 Å². The number of nitrogens with zero attached hydrogens (tertiary/aromatic N) is 4. The smallest absolute Gasteiger partial charge is 0.237 e. The van der Waals surface area contributed by atoms with Gasteiger partial charge in [-0.2, -0.15) is 0 Å². The van der Waals surface area contributed by atoms with Crippen LogP contribution in [0.5, 0.6) is 0 Å². The third kappa shape index (κ3) is 3.78. The van der Waals surface area contributed by atoms with Gasteiger partial charge in [-0.25, -0.2) is 9.07 Å². The Morgan fingerprint density at radius 1 is 1.52 bits per heavy atom. The predicted molar refractivity (Wildman–Crippen MR) is 78.6 cm³/mol. The van der Waals surface area contributed by atoms with Gasteiger partial charge in [0.2, 0.25) is 11.1 Å². The lowest BCUT2D eigenvalue weighted by Gasteiger charge is -2.11. The summed E-state index contributed by atoms with van der Waals surface area (Å²) < 4.78 is 15.1. The molecule has 0 saturated carbocycles. The Labute approximate surface area is 126 Å². The number of benzene rings is 1. The number of halogens is 1. The van der Waals surface area contributed by atoms with Crippen LogP contribution in [0.15, 0.2) is 23.4 Å². The van der Waals surface area contributed by atoms with Gasteiger partial charge in [-0.3, -0.25) is 4.79 Å². The first-order chi connectivity index (χ1) is 10.0. The van der Waals surface area contributed by atoms with Gasteiger partial charge < -0.3 is 5.32 Å². The fraction of sp³-hybridized carbons (Fsp3) is 0.385. The van der Waals surface area contributed by atoms with Gasteiger partial charge in [-0.1, -0.05) is 17.8 Å². The van der Waals surface area contributed by atoms with Gasteiger partial charge in [0.25, 0.3) is 0 Å². The Kier molecular flexibility index (Phi) is 4.89. The van der Waals surface area contributed by atoms with E-state index in [1.807, 2.05) is 6.92 Å². The number of tetrazole rings is 1. The third-order valence-electron chi connectivity index (χ3n) is 2.89. The Hall–Kier alpha value is -1.96. The lowest BCUT2D eigenvalue weighted by Crippen LogP contribution is -2.23. The summed E-state index contributed by atoms with van der Waals surface area (Å²) in [5, 5.41) is 14.1. The number of hydrogen-bond acceptors (Lipinski definition) is 5. The number of rotatable bonds is 5. The average molecular weight is 309 g/mol. The fourth-order valence-electron chi connectivity index (χ4n) is 1.61. The van der Waals surface area contributed by atoms with Gasteiger partial charge in [0, 0.05) is 12.2 Å². The highest BCUT2D eigenvalue weighted by Crippen LogP contribution is 2.22. The molecule has 2 rings (SSSR count). The van der Waals surface area contributed by atoms with E-state index in [1.165, 1.54) is 17.8 Å². The van der Waals surface area contributed by atoms with E-state index >= 15 is 0 Å². The number of anilines is 1. The number of amides is 1. The predicted octanol–water partition coefficient (Wildman–Crippen LogP) is 2.26. The molecule has 0 radical (unpaired) electrons. The summed E-state index contributed by atoms with van der Waals surface area (Å²) in [6.45, 7) is 5.97. The minimum Gasteiger partial charge on any atom is -0.325 e. The standard InChI is InChI=1S/C13H16FN5OS/c1-4-19-13(16-17-18-19)21-9(3)12(20)15-10-6-5-8(2)11(14)7-10/h5-7,9H,4H2,1-3H3,(H,15,20). The first-order valence-corrected chi connectivity index (χ1v) is 7.39. The first kappa shape index (κ1) is 15.4. The molecular formula is C13H16FN5OS. The molecule has 0 aliphatic rings. The van der Waals surface area contributed by atoms with Crippen LogP contribution in [0.4, 0.5) is 10.1 Å². The minimum absolute atomic E-state index is 0.228. The van der Waals surface area contributed by atoms with Crippen LogP contribution in [-0.2, 0) is 11.3 Å². The molecule has 1 heterocycles. The summed E-state index contributed by atoms with van der Waals surface area (Å²) in [6, 6.07) is 4.60. The second-order valence-corrected chi connectivity index (χ2v) is 5.80. The van der Waals surface area contributed by atoms with E-state index < -0.39 is 5.25 Å². The molecule has 0 saturated heterocycles. The highest BCUT2D eigenvalue weighted by Gasteiger charge is 2.18. The lowest BCUT2D eigenvalue weighted by molar-refractivity contribution is -0.115. The zero-order chi connectivity index (χ0) is 15.4. The van der Waals surface area contributed by atoms with Crippen molar-refractivity contribution in [1.82, 2.24) is 20.2 Å². The van der Waals surface area contributed by atoms with Crippen molar-refractivity contribution in [2.75, 3.05) is 5.32 Å². The van der Waals surface area contributed by atoms with E-state index in [1.54, 1.807) is 30.7 Å². The second kappa shape index (κ2) is 6.66. The van der Waals surface area contributed by atoms with Gasteiger partial charge in [0.05, 0.1) is 5.25 Å². The summed E-state index contributed by atoms with van der Waals surface area (Å²) in [4.78, 5) is 12.1. The van der Waals surface area contributed by atoms with Crippen molar-refractivity contribution >= 4 is 23.4 Å². The molecule has 0 aliphatic carbocycles. The molecule has 1 unspecified atom stereocenters. The number of hydrogen-bond donors (Lipinski definition) is 1. The van der Waals surface area contributed by atoms with Crippen molar-refractivity contribution < 1.29 is 9.18 Å². The van der Waals surface area contributed by atoms with Crippen LogP contribution >= 0.6 is 11.8 Å². The molecule has 0 aliphatic heterocycles. The Morgan fingerprint density at radius 2 is 2.29 bits per heavy atom. The minimum atomic E-state index is -0.398. The number of carbonyl (C=O) groups excluding carboxylic acids is 1. The van der Waals surface area contributed by atoms with Gasteiger partial charge in [-0.15, -0.1) is 5.10 Å². The average Bonchev–Trinajstić information content (AvgIpc) is 2.90. The normalized spacial score (nSPS) is 12.2. The van der Waals surface area contributed by atoms with E-state index in [0.717, 1.165) is 0 Å². The molecule has 0 bridgehead atoms. The van der Waals surface area contributed by atoms with Crippen molar-refractivity contribution in [3.8, 4) is 0 Å². The maximum absolute atomic E-state index is 13.4. The molecule has 0 spiro atoms. The van der Waals surface area contributed by atoms with E-state index in [4.69, 9.17) is 0 Å². The number of aryl methyl sites for hydroxylation is 2. The van der Waals surface area contributed by atoms with Crippen molar-refractivity contribution in [3.05, 3.63) is 29.6 Å². The Bertz CT molecular complexity index is 645. The highest BCUT2D eigenvalue weighted by atomic mass is 32.2. The molecule has 0 fully saturated rings. The van der Waals surface area contributed by atoms with Crippen LogP contribution < -0.4 is 5.32 Å². The maximum atomic E-state index is 13.4. The fourth-order valence-corrected chi connectivity index (χ4v) is 2.46. The molecule has 21 heavy (non-hydrogen) atoms. The molecule has 112 valence electrons. The zero-order valence-corrected chi connectivity index (χ0v) is 12.8. The van der Waals surface area contributed by atoms with E-state index in [9.17, 15) is 9.18 Å². The van der Waals surface area contributed by atoms with Crippen LogP contribution in [0.25, 0.3) is 0 Å². The van der Waals surface area contributed by atoms with Gasteiger partial charge in [-0.05, 0) is 48.9 Å². The first-order valence-electron chi connectivity index (χ1n) is 6.51. The van der Waals surface area contributed by atoms with Crippen LogP contribution in [0, 0.1) is 12.7 Å². The number of nitrogens with one attached hydrogen (secondary N) is 1. The summed E-state index contributed by atoms with van der Waals surface area (Å²) >= 11 is 1.26. The summed E-state index contributed by atoms with van der Waals surface area (Å²) in [7, 11) is 0. The van der Waals surface area contributed by atoms with Crippen LogP contribution in [-0.4, -0.2) is 31.4 Å². The molecule has 1 aromatic heterocycles. The van der Waals surface area contributed by atoms with Crippen molar-refractivity contribution in [2.24, 2.45) is 0 Å². The summed E-state index contributed by atoms with van der Waals surface area (Å²) in [5.41, 5.74) is 0.975. The molecular weight excluding hydrogens is 293 g/mol. The second-order valence-electron chi connectivity index (χ2n) is 4.49. The molecule has 2 aromatic rings. The largest absolute Gasteiger partial charge is 0.325 e. The lowest BCUT2D eigenvalue weighted by atomic mass is 10.2. The maximum Gasteiger partial charge on any atom is 0.237 e. The molecule has 6 nitrogen and oxygen atoms in total. The summed E-state index contributed by atoms with van der Waals surface area (Å²) in [5.74, 6) is -0.572. The highest BCUT2D eigenvalue weighted by molar-refractivity contribution is 8.00. The molecule has 1 aromatic carbocycles. The molecule has 1 N–H and O–H groups in total. The Morgan fingerprint density at radius 3 is 2.95 bits per heavy atom. The van der Waals surface area contributed by atoms with Gasteiger partial charge in [0.1, 0.15) is 5.82 Å². The number of aromatic nitrogens is 4. The zero-order valence-electron chi connectivity index (χ0n) is 12.0. The SMILES string of the molecule is CCn1nnnc1SC(C)C(=O)Nc1ccc(C)c(F)c1. The number of carbonyl (C=O) groups is 1. The summed E-state index contributed by atoms with van der Waals surface area (Å²) in [6.07, 6.45) is 0. The monoisotopic (exact) mass is 309 g/mol. The van der Waals surface area contributed by atoms with Crippen molar-refractivity contribution in [3.63, 3.8) is 0 Å². The van der Waals surface area contributed by atoms with E-state index in [0.29, 0.717) is 23.0 Å².